The summed E-state index contributed by atoms with van der Waals surface area (Å²) in [4.78, 5) is 14.2. The van der Waals surface area contributed by atoms with E-state index in [4.69, 9.17) is 5.11 Å². The zero-order valence-electron chi connectivity index (χ0n) is 14.9. The molecular weight excluding hydrogens is 355 g/mol. The van der Waals surface area contributed by atoms with Crippen molar-refractivity contribution in [2.75, 3.05) is 13.1 Å². The standard InChI is InChI=1S/C21H22F3NO2/c22-21(23,24)19-4-2-1-3-18(19)12-20(27)25-10-9-17(13-25)11-15-5-7-16(14-26)8-6-15/h1-8,17,26H,9-14H2. The average molecular weight is 377 g/mol. The fourth-order valence-electron chi connectivity index (χ4n) is 3.57. The number of hydrogen-bond donors (Lipinski definition) is 1. The predicted molar refractivity (Wildman–Crippen MR) is 95.9 cm³/mol. The Morgan fingerprint density at radius 2 is 1.74 bits per heavy atom. The number of aliphatic hydroxyl groups excluding tert-OH is 1. The average Bonchev–Trinajstić information content (AvgIpc) is 3.10. The molecule has 0 aromatic heterocycles. The van der Waals surface area contributed by atoms with Crippen molar-refractivity contribution in [3.8, 4) is 0 Å². The van der Waals surface area contributed by atoms with Crippen LogP contribution in [0.1, 0.15) is 28.7 Å². The third kappa shape index (κ3) is 4.89. The van der Waals surface area contributed by atoms with Crippen molar-refractivity contribution < 1.29 is 23.1 Å². The van der Waals surface area contributed by atoms with Gasteiger partial charge < -0.3 is 10.0 Å². The number of rotatable bonds is 5. The fraction of sp³-hybridized carbons (Fsp3) is 0.381. The van der Waals surface area contributed by atoms with E-state index in [0.29, 0.717) is 19.0 Å². The second-order valence-corrected chi connectivity index (χ2v) is 7.00. The van der Waals surface area contributed by atoms with Crippen molar-refractivity contribution in [3.63, 3.8) is 0 Å². The molecule has 1 fully saturated rings. The van der Waals surface area contributed by atoms with Gasteiger partial charge in [-0.1, -0.05) is 42.5 Å². The van der Waals surface area contributed by atoms with E-state index in [0.717, 1.165) is 30.0 Å². The quantitative estimate of drug-likeness (QED) is 0.860. The third-order valence-electron chi connectivity index (χ3n) is 5.03. The molecule has 0 radical (unpaired) electrons. The van der Waals surface area contributed by atoms with Crippen molar-refractivity contribution in [2.24, 2.45) is 5.92 Å². The van der Waals surface area contributed by atoms with Crippen LogP contribution in [-0.4, -0.2) is 29.0 Å². The molecule has 2 aromatic carbocycles. The lowest BCUT2D eigenvalue weighted by Gasteiger charge is -2.18. The van der Waals surface area contributed by atoms with Crippen LogP contribution in [0.3, 0.4) is 0 Å². The van der Waals surface area contributed by atoms with Crippen molar-refractivity contribution >= 4 is 5.91 Å². The number of nitrogens with zero attached hydrogens (tertiary/aromatic N) is 1. The minimum absolute atomic E-state index is 0.00535. The summed E-state index contributed by atoms with van der Waals surface area (Å²) in [6.07, 6.45) is -3.03. The van der Waals surface area contributed by atoms with Gasteiger partial charge in [-0.25, -0.2) is 0 Å². The molecule has 0 spiro atoms. The van der Waals surface area contributed by atoms with Crippen molar-refractivity contribution in [1.82, 2.24) is 4.90 Å². The van der Waals surface area contributed by atoms with Crippen LogP contribution < -0.4 is 0 Å². The number of hydrogen-bond acceptors (Lipinski definition) is 2. The second-order valence-electron chi connectivity index (χ2n) is 7.00. The van der Waals surface area contributed by atoms with Crippen LogP contribution in [0.2, 0.25) is 0 Å². The van der Waals surface area contributed by atoms with Gasteiger partial charge in [-0.2, -0.15) is 13.2 Å². The molecule has 6 heteroatoms. The Morgan fingerprint density at radius 1 is 1.07 bits per heavy atom. The van der Waals surface area contributed by atoms with Gasteiger partial charge in [0.1, 0.15) is 0 Å². The monoisotopic (exact) mass is 377 g/mol. The Labute approximate surface area is 156 Å². The molecule has 1 unspecified atom stereocenters. The molecule has 1 aliphatic rings. The summed E-state index contributed by atoms with van der Waals surface area (Å²) in [5.41, 5.74) is 1.27. The Kier molecular flexibility index (Phi) is 5.85. The molecule has 0 bridgehead atoms. The van der Waals surface area contributed by atoms with E-state index >= 15 is 0 Å². The van der Waals surface area contributed by atoms with Gasteiger partial charge in [0, 0.05) is 13.1 Å². The molecule has 2 aromatic rings. The normalized spacial score (nSPS) is 17.3. The molecule has 1 atom stereocenters. The van der Waals surface area contributed by atoms with E-state index in [1.807, 2.05) is 24.3 Å². The van der Waals surface area contributed by atoms with E-state index in [2.05, 4.69) is 0 Å². The molecular formula is C21H22F3NO2. The van der Waals surface area contributed by atoms with Crippen LogP contribution in [0.5, 0.6) is 0 Å². The molecule has 3 rings (SSSR count). The molecule has 1 N–H and O–H groups in total. The lowest BCUT2D eigenvalue weighted by atomic mass is 9.98. The van der Waals surface area contributed by atoms with Gasteiger partial charge in [-0.3, -0.25) is 4.79 Å². The maximum atomic E-state index is 13.1. The summed E-state index contributed by atoms with van der Waals surface area (Å²) in [5.74, 6) is 0.0385. The molecule has 3 nitrogen and oxygen atoms in total. The minimum atomic E-state index is -4.45. The maximum Gasteiger partial charge on any atom is 0.416 e. The number of benzene rings is 2. The number of amides is 1. The third-order valence-corrected chi connectivity index (χ3v) is 5.03. The first kappa shape index (κ1) is 19.4. The van der Waals surface area contributed by atoms with Crippen LogP contribution >= 0.6 is 0 Å². The summed E-state index contributed by atoms with van der Waals surface area (Å²) in [6, 6.07) is 12.9. The Hall–Kier alpha value is -2.34. The van der Waals surface area contributed by atoms with Crippen LogP contribution in [-0.2, 0) is 30.4 Å². The van der Waals surface area contributed by atoms with E-state index in [9.17, 15) is 18.0 Å². The highest BCUT2D eigenvalue weighted by atomic mass is 19.4. The van der Waals surface area contributed by atoms with Gasteiger partial charge in [0.15, 0.2) is 0 Å². The lowest BCUT2D eigenvalue weighted by Crippen LogP contribution is -2.31. The highest BCUT2D eigenvalue weighted by Crippen LogP contribution is 2.32. The molecule has 0 saturated carbocycles. The van der Waals surface area contributed by atoms with Gasteiger partial charge in [0.05, 0.1) is 18.6 Å². The van der Waals surface area contributed by atoms with Crippen molar-refractivity contribution in [3.05, 3.63) is 70.8 Å². The lowest BCUT2D eigenvalue weighted by molar-refractivity contribution is -0.138. The van der Waals surface area contributed by atoms with Gasteiger partial charge in [-0.05, 0) is 41.5 Å². The number of carbonyl (C=O) groups is 1. The van der Waals surface area contributed by atoms with Crippen LogP contribution in [0.25, 0.3) is 0 Å². The highest BCUT2D eigenvalue weighted by molar-refractivity contribution is 5.79. The first-order valence-electron chi connectivity index (χ1n) is 8.98. The highest BCUT2D eigenvalue weighted by Gasteiger charge is 2.34. The van der Waals surface area contributed by atoms with Gasteiger partial charge >= 0.3 is 6.18 Å². The SMILES string of the molecule is O=C(Cc1ccccc1C(F)(F)F)N1CCC(Cc2ccc(CO)cc2)C1. The van der Waals surface area contributed by atoms with E-state index in [1.54, 1.807) is 4.90 Å². The number of alkyl halides is 3. The molecule has 1 amide bonds. The maximum absolute atomic E-state index is 13.1. The Morgan fingerprint density at radius 3 is 2.41 bits per heavy atom. The number of aliphatic hydroxyl groups is 1. The summed E-state index contributed by atoms with van der Waals surface area (Å²) < 4.78 is 39.3. The van der Waals surface area contributed by atoms with Gasteiger partial charge in [0.25, 0.3) is 0 Å². The predicted octanol–water partition coefficient (Wildman–Crippen LogP) is 3.83. The number of likely N-dealkylation sites (tertiary alicyclic amines) is 1. The van der Waals surface area contributed by atoms with Gasteiger partial charge in [-0.15, -0.1) is 0 Å². The smallest absolute Gasteiger partial charge is 0.392 e. The summed E-state index contributed by atoms with van der Waals surface area (Å²) in [6.45, 7) is 1.15. The first-order chi connectivity index (χ1) is 12.9. The topological polar surface area (TPSA) is 40.5 Å². The van der Waals surface area contributed by atoms with Crippen LogP contribution in [0, 0.1) is 5.92 Å². The minimum Gasteiger partial charge on any atom is -0.392 e. The number of carbonyl (C=O) groups excluding carboxylic acids is 1. The molecule has 1 aliphatic heterocycles. The Balaban J connectivity index is 1.59. The summed E-state index contributed by atoms with van der Waals surface area (Å²) in [5, 5.41) is 9.08. The largest absolute Gasteiger partial charge is 0.416 e. The van der Waals surface area contributed by atoms with Crippen LogP contribution in [0.15, 0.2) is 48.5 Å². The second kappa shape index (κ2) is 8.13. The van der Waals surface area contributed by atoms with E-state index in [-0.39, 0.29) is 24.5 Å². The molecule has 1 saturated heterocycles. The molecule has 144 valence electrons. The number of halogens is 3. The Bertz CT molecular complexity index is 787. The molecule has 0 aliphatic carbocycles. The fourth-order valence-corrected chi connectivity index (χ4v) is 3.57. The van der Waals surface area contributed by atoms with Crippen molar-refractivity contribution in [1.29, 1.82) is 0 Å². The molecule has 1 heterocycles. The van der Waals surface area contributed by atoms with E-state index < -0.39 is 11.7 Å². The van der Waals surface area contributed by atoms with Crippen LogP contribution in [0.4, 0.5) is 13.2 Å². The zero-order chi connectivity index (χ0) is 19.4. The van der Waals surface area contributed by atoms with Crippen molar-refractivity contribution in [2.45, 2.75) is 32.0 Å². The molecule has 27 heavy (non-hydrogen) atoms. The van der Waals surface area contributed by atoms with Gasteiger partial charge in [0.2, 0.25) is 5.91 Å². The van der Waals surface area contributed by atoms with E-state index in [1.165, 1.54) is 18.2 Å². The summed E-state index contributed by atoms with van der Waals surface area (Å²) >= 11 is 0. The summed E-state index contributed by atoms with van der Waals surface area (Å²) in [7, 11) is 0. The first-order valence-corrected chi connectivity index (χ1v) is 8.98. The zero-order valence-corrected chi connectivity index (χ0v) is 14.9.